The van der Waals surface area contributed by atoms with Gasteiger partial charge in [0.15, 0.2) is 0 Å². The van der Waals surface area contributed by atoms with Crippen molar-refractivity contribution in [1.82, 2.24) is 5.32 Å². The summed E-state index contributed by atoms with van der Waals surface area (Å²) in [4.78, 5) is 0. The van der Waals surface area contributed by atoms with E-state index in [0.29, 0.717) is 11.9 Å². The van der Waals surface area contributed by atoms with E-state index in [-0.39, 0.29) is 0 Å². The molecule has 3 nitrogen and oxygen atoms in total. The lowest BCUT2D eigenvalue weighted by atomic mass is 10.1. The van der Waals surface area contributed by atoms with E-state index in [1.54, 1.807) is 12.1 Å². The molecule has 1 saturated heterocycles. The zero-order chi connectivity index (χ0) is 11.2. The van der Waals surface area contributed by atoms with Crippen molar-refractivity contribution in [3.63, 3.8) is 0 Å². The lowest BCUT2D eigenvalue weighted by molar-refractivity contribution is 0.110. The van der Waals surface area contributed by atoms with Gasteiger partial charge in [-0.25, -0.2) is 0 Å². The summed E-state index contributed by atoms with van der Waals surface area (Å²) in [5.74, 6) is 0.330. The lowest BCUT2D eigenvalue weighted by Gasteiger charge is -2.10. The number of hydrogen-bond acceptors (Lipinski definition) is 3. The summed E-state index contributed by atoms with van der Waals surface area (Å²) in [5, 5.41) is 12.5. The third-order valence-electron chi connectivity index (χ3n) is 2.92. The molecule has 1 fully saturated rings. The summed E-state index contributed by atoms with van der Waals surface area (Å²) in [6, 6.07) is 7.39. The van der Waals surface area contributed by atoms with Crippen LogP contribution in [0.1, 0.15) is 18.4 Å². The summed E-state index contributed by atoms with van der Waals surface area (Å²) in [5.41, 5.74) is 1.25. The van der Waals surface area contributed by atoms with Crippen molar-refractivity contribution in [1.29, 1.82) is 0 Å². The van der Waals surface area contributed by atoms with E-state index in [4.69, 9.17) is 9.84 Å². The second-order valence-corrected chi connectivity index (χ2v) is 4.26. The van der Waals surface area contributed by atoms with E-state index in [1.165, 1.54) is 18.4 Å². The third kappa shape index (κ3) is 3.51. The van der Waals surface area contributed by atoms with Crippen LogP contribution >= 0.6 is 0 Å². The molecule has 1 aliphatic heterocycles. The van der Waals surface area contributed by atoms with Gasteiger partial charge in [0.1, 0.15) is 5.75 Å². The van der Waals surface area contributed by atoms with E-state index < -0.39 is 0 Å². The van der Waals surface area contributed by atoms with Gasteiger partial charge >= 0.3 is 0 Å². The maximum atomic E-state index is 9.14. The number of aromatic hydroxyl groups is 1. The van der Waals surface area contributed by atoms with Gasteiger partial charge in [0.25, 0.3) is 0 Å². The predicted octanol–water partition coefficient (Wildman–Crippen LogP) is 1.70. The van der Waals surface area contributed by atoms with Crippen molar-refractivity contribution in [3.05, 3.63) is 29.8 Å². The molecule has 1 aromatic carbocycles. The second-order valence-electron chi connectivity index (χ2n) is 4.26. The predicted molar refractivity (Wildman–Crippen MR) is 63.7 cm³/mol. The molecule has 0 saturated carbocycles. The number of rotatable bonds is 5. The van der Waals surface area contributed by atoms with Crippen LogP contribution < -0.4 is 5.32 Å². The molecule has 16 heavy (non-hydrogen) atoms. The van der Waals surface area contributed by atoms with Crippen molar-refractivity contribution in [3.8, 4) is 5.75 Å². The van der Waals surface area contributed by atoms with E-state index in [9.17, 15) is 0 Å². The first-order valence-corrected chi connectivity index (χ1v) is 5.95. The standard InChI is InChI=1S/C13H19NO2/c15-12-5-3-11(4-6-12)7-8-14-10-13-2-1-9-16-13/h3-6,13-15H,1-2,7-10H2. The molecule has 0 amide bonds. The molecule has 3 heteroatoms. The Labute approximate surface area is 96.4 Å². The van der Waals surface area contributed by atoms with Gasteiger partial charge in [-0.05, 0) is 43.5 Å². The monoisotopic (exact) mass is 221 g/mol. The molecule has 88 valence electrons. The van der Waals surface area contributed by atoms with Gasteiger partial charge < -0.3 is 15.2 Å². The van der Waals surface area contributed by atoms with Crippen LogP contribution in [0, 0.1) is 0 Å². The van der Waals surface area contributed by atoms with Crippen LogP contribution in [-0.2, 0) is 11.2 Å². The van der Waals surface area contributed by atoms with Gasteiger partial charge in [0.05, 0.1) is 6.10 Å². The normalized spacial score (nSPS) is 20.1. The number of benzene rings is 1. The molecule has 1 unspecified atom stereocenters. The number of ether oxygens (including phenoxy) is 1. The van der Waals surface area contributed by atoms with Crippen molar-refractivity contribution >= 4 is 0 Å². The van der Waals surface area contributed by atoms with Gasteiger partial charge in [-0.15, -0.1) is 0 Å². The number of phenols is 1. The first-order chi connectivity index (χ1) is 7.84. The van der Waals surface area contributed by atoms with Crippen LogP contribution in [0.3, 0.4) is 0 Å². The molecule has 0 aromatic heterocycles. The fourth-order valence-electron chi connectivity index (χ4n) is 1.96. The molecule has 1 atom stereocenters. The molecule has 0 bridgehead atoms. The minimum absolute atomic E-state index is 0.330. The summed E-state index contributed by atoms with van der Waals surface area (Å²) in [7, 11) is 0. The molecular weight excluding hydrogens is 202 g/mol. The smallest absolute Gasteiger partial charge is 0.115 e. The largest absolute Gasteiger partial charge is 0.508 e. The molecule has 0 spiro atoms. The number of phenolic OH excluding ortho intramolecular Hbond substituents is 1. The van der Waals surface area contributed by atoms with E-state index in [2.05, 4.69) is 5.32 Å². The minimum Gasteiger partial charge on any atom is -0.508 e. The minimum atomic E-state index is 0.330. The highest BCUT2D eigenvalue weighted by atomic mass is 16.5. The molecule has 2 rings (SSSR count). The van der Waals surface area contributed by atoms with Gasteiger partial charge in [-0.3, -0.25) is 0 Å². The topological polar surface area (TPSA) is 41.5 Å². The average Bonchev–Trinajstić information content (AvgIpc) is 2.80. The highest BCUT2D eigenvalue weighted by Crippen LogP contribution is 2.11. The summed E-state index contributed by atoms with van der Waals surface area (Å²) in [6.07, 6.45) is 3.79. The van der Waals surface area contributed by atoms with Crippen molar-refractivity contribution in [2.75, 3.05) is 19.7 Å². The Kier molecular flexibility index (Phi) is 4.19. The molecular formula is C13H19NO2. The summed E-state index contributed by atoms with van der Waals surface area (Å²) >= 11 is 0. The van der Waals surface area contributed by atoms with Crippen molar-refractivity contribution in [2.24, 2.45) is 0 Å². The quantitative estimate of drug-likeness (QED) is 0.744. The second kappa shape index (κ2) is 5.87. The van der Waals surface area contributed by atoms with Gasteiger partial charge in [0, 0.05) is 13.2 Å². The lowest BCUT2D eigenvalue weighted by Crippen LogP contribution is -2.27. The first-order valence-electron chi connectivity index (χ1n) is 5.95. The van der Waals surface area contributed by atoms with E-state index >= 15 is 0 Å². The van der Waals surface area contributed by atoms with Gasteiger partial charge in [-0.2, -0.15) is 0 Å². The Hall–Kier alpha value is -1.06. The van der Waals surface area contributed by atoms with Crippen molar-refractivity contribution in [2.45, 2.75) is 25.4 Å². The van der Waals surface area contributed by atoms with Gasteiger partial charge in [0.2, 0.25) is 0 Å². The molecule has 2 N–H and O–H groups in total. The van der Waals surface area contributed by atoms with E-state index in [0.717, 1.165) is 26.1 Å². The highest BCUT2D eigenvalue weighted by Gasteiger charge is 2.13. The molecule has 1 aliphatic rings. The molecule has 0 radical (unpaired) electrons. The number of hydrogen-bond donors (Lipinski definition) is 2. The Morgan fingerprint density at radius 3 is 2.81 bits per heavy atom. The van der Waals surface area contributed by atoms with Crippen LogP contribution in [0.4, 0.5) is 0 Å². The fraction of sp³-hybridized carbons (Fsp3) is 0.538. The van der Waals surface area contributed by atoms with Crippen LogP contribution in [0.2, 0.25) is 0 Å². The van der Waals surface area contributed by atoms with Crippen LogP contribution in [0.25, 0.3) is 0 Å². The van der Waals surface area contributed by atoms with Crippen molar-refractivity contribution < 1.29 is 9.84 Å². The summed E-state index contributed by atoms with van der Waals surface area (Å²) < 4.78 is 5.53. The highest BCUT2D eigenvalue weighted by molar-refractivity contribution is 5.25. The molecule has 1 heterocycles. The number of nitrogens with one attached hydrogen (secondary N) is 1. The summed E-state index contributed by atoms with van der Waals surface area (Å²) in [6.45, 7) is 2.84. The molecule has 0 aliphatic carbocycles. The zero-order valence-electron chi connectivity index (χ0n) is 9.48. The Balaban J connectivity index is 1.62. The zero-order valence-corrected chi connectivity index (χ0v) is 9.48. The fourth-order valence-corrected chi connectivity index (χ4v) is 1.96. The molecule has 1 aromatic rings. The average molecular weight is 221 g/mol. The Morgan fingerprint density at radius 1 is 1.31 bits per heavy atom. The maximum Gasteiger partial charge on any atom is 0.115 e. The van der Waals surface area contributed by atoms with E-state index in [1.807, 2.05) is 12.1 Å². The first kappa shape index (κ1) is 11.4. The van der Waals surface area contributed by atoms with Gasteiger partial charge in [-0.1, -0.05) is 12.1 Å². The third-order valence-corrected chi connectivity index (χ3v) is 2.92. The van der Waals surface area contributed by atoms with Crippen LogP contribution in [0.15, 0.2) is 24.3 Å². The SMILES string of the molecule is Oc1ccc(CCNCC2CCCO2)cc1. The van der Waals surface area contributed by atoms with Crippen LogP contribution in [0.5, 0.6) is 5.75 Å². The maximum absolute atomic E-state index is 9.14. The van der Waals surface area contributed by atoms with Crippen LogP contribution in [-0.4, -0.2) is 30.9 Å². The Bertz CT molecular complexity index is 304. The Morgan fingerprint density at radius 2 is 2.12 bits per heavy atom.